The molecule has 0 aliphatic heterocycles. The molecule has 7 nitrogen and oxygen atoms in total. The smallest absolute Gasteiger partial charge is 0.310 e. The van der Waals surface area contributed by atoms with Gasteiger partial charge < -0.3 is 4.98 Å². The van der Waals surface area contributed by atoms with E-state index >= 15 is 0 Å². The van der Waals surface area contributed by atoms with Crippen LogP contribution in [0.5, 0.6) is 0 Å². The minimum atomic E-state index is -0.361. The summed E-state index contributed by atoms with van der Waals surface area (Å²) in [6.07, 6.45) is 5.65. The number of anilines is 1. The molecule has 1 amide bonds. The minimum Gasteiger partial charge on any atom is -0.310 e. The fourth-order valence-electron chi connectivity index (χ4n) is 2.92. The van der Waals surface area contributed by atoms with Crippen LogP contribution in [-0.2, 0) is 24.1 Å². The van der Waals surface area contributed by atoms with Gasteiger partial charge in [-0.05, 0) is 50.7 Å². The SMILES string of the molecule is Cc1nc(=O)[nH]c(C)c1CCC(=O)Nc1ncc2c(n1)CCC2. The van der Waals surface area contributed by atoms with Crippen molar-refractivity contribution in [3.8, 4) is 0 Å². The highest BCUT2D eigenvalue weighted by atomic mass is 16.2. The molecule has 1 aliphatic carbocycles. The van der Waals surface area contributed by atoms with Crippen LogP contribution in [0.1, 0.15) is 41.1 Å². The van der Waals surface area contributed by atoms with Crippen molar-refractivity contribution < 1.29 is 4.79 Å². The number of aryl methyl sites for hydroxylation is 4. The molecule has 0 fully saturated rings. The van der Waals surface area contributed by atoms with Crippen molar-refractivity contribution in [3.63, 3.8) is 0 Å². The van der Waals surface area contributed by atoms with Crippen LogP contribution in [0.25, 0.3) is 0 Å². The van der Waals surface area contributed by atoms with E-state index in [1.54, 1.807) is 13.1 Å². The number of carbonyl (C=O) groups is 1. The number of carbonyl (C=O) groups excluding carboxylic acids is 1. The summed E-state index contributed by atoms with van der Waals surface area (Å²) in [4.78, 5) is 38.5. The maximum atomic E-state index is 12.1. The summed E-state index contributed by atoms with van der Waals surface area (Å²) in [5.41, 5.74) is 4.16. The highest BCUT2D eigenvalue weighted by Crippen LogP contribution is 2.19. The predicted molar refractivity (Wildman–Crippen MR) is 85.3 cm³/mol. The number of hydrogen-bond acceptors (Lipinski definition) is 5. The third-order valence-corrected chi connectivity index (χ3v) is 4.12. The Bertz CT molecular complexity index is 786. The first-order valence-corrected chi connectivity index (χ1v) is 7.74. The second-order valence-electron chi connectivity index (χ2n) is 5.80. The summed E-state index contributed by atoms with van der Waals surface area (Å²) >= 11 is 0. The molecule has 0 radical (unpaired) electrons. The number of nitrogens with zero attached hydrogens (tertiary/aromatic N) is 3. The molecule has 2 heterocycles. The maximum absolute atomic E-state index is 12.1. The van der Waals surface area contributed by atoms with Gasteiger partial charge in [-0.2, -0.15) is 4.98 Å². The Morgan fingerprint density at radius 3 is 2.91 bits per heavy atom. The van der Waals surface area contributed by atoms with Gasteiger partial charge in [-0.1, -0.05) is 0 Å². The van der Waals surface area contributed by atoms with Crippen molar-refractivity contribution in [2.45, 2.75) is 46.0 Å². The zero-order valence-electron chi connectivity index (χ0n) is 13.3. The molecule has 3 rings (SSSR count). The Morgan fingerprint density at radius 2 is 2.13 bits per heavy atom. The molecule has 120 valence electrons. The number of H-pyrrole nitrogens is 1. The average molecular weight is 313 g/mol. The van der Waals surface area contributed by atoms with Crippen molar-refractivity contribution in [1.82, 2.24) is 19.9 Å². The molecule has 0 atom stereocenters. The lowest BCUT2D eigenvalue weighted by atomic mass is 10.1. The van der Waals surface area contributed by atoms with Crippen LogP contribution in [0.2, 0.25) is 0 Å². The normalized spacial score (nSPS) is 13.0. The van der Waals surface area contributed by atoms with Gasteiger partial charge in [-0.25, -0.2) is 14.8 Å². The zero-order valence-corrected chi connectivity index (χ0v) is 13.3. The Hall–Kier alpha value is -2.57. The van der Waals surface area contributed by atoms with Crippen molar-refractivity contribution in [1.29, 1.82) is 0 Å². The van der Waals surface area contributed by atoms with Crippen LogP contribution in [0, 0.1) is 13.8 Å². The minimum absolute atomic E-state index is 0.145. The van der Waals surface area contributed by atoms with Gasteiger partial charge in [0.05, 0.1) is 0 Å². The van der Waals surface area contributed by atoms with Crippen molar-refractivity contribution >= 4 is 11.9 Å². The summed E-state index contributed by atoms with van der Waals surface area (Å²) in [7, 11) is 0. The molecule has 1 aliphatic rings. The monoisotopic (exact) mass is 313 g/mol. The van der Waals surface area contributed by atoms with Crippen LogP contribution in [0.4, 0.5) is 5.95 Å². The fraction of sp³-hybridized carbons (Fsp3) is 0.438. The van der Waals surface area contributed by atoms with E-state index in [4.69, 9.17) is 0 Å². The Balaban J connectivity index is 1.63. The van der Waals surface area contributed by atoms with E-state index in [9.17, 15) is 9.59 Å². The van der Waals surface area contributed by atoms with E-state index in [2.05, 4.69) is 25.3 Å². The molecule has 0 aromatic carbocycles. The van der Waals surface area contributed by atoms with Crippen LogP contribution in [-0.4, -0.2) is 25.8 Å². The van der Waals surface area contributed by atoms with E-state index in [0.29, 0.717) is 18.1 Å². The summed E-state index contributed by atoms with van der Waals surface area (Å²) in [6, 6.07) is 0. The highest BCUT2D eigenvalue weighted by Gasteiger charge is 2.15. The largest absolute Gasteiger partial charge is 0.345 e. The van der Waals surface area contributed by atoms with E-state index in [-0.39, 0.29) is 18.0 Å². The second kappa shape index (κ2) is 6.28. The standard InChI is InChI=1S/C16H19N5O2/c1-9-12(10(2)19-16(23)18-9)6-7-14(22)21-15-17-8-11-4-3-5-13(11)20-15/h8H,3-7H2,1-2H3,(H,18,19,23)(H,17,20,21,22). The highest BCUT2D eigenvalue weighted by molar-refractivity contribution is 5.89. The molecule has 0 saturated heterocycles. The van der Waals surface area contributed by atoms with E-state index in [0.717, 1.165) is 36.2 Å². The number of fused-ring (bicyclic) bond motifs is 1. The lowest BCUT2D eigenvalue weighted by molar-refractivity contribution is -0.116. The molecule has 0 saturated carbocycles. The molecule has 0 bridgehead atoms. The molecular weight excluding hydrogens is 294 g/mol. The Morgan fingerprint density at radius 1 is 1.30 bits per heavy atom. The van der Waals surface area contributed by atoms with Crippen LogP contribution in [0.15, 0.2) is 11.0 Å². The number of aromatic nitrogens is 4. The first kappa shape index (κ1) is 15.3. The first-order valence-electron chi connectivity index (χ1n) is 7.74. The average Bonchev–Trinajstić information content (AvgIpc) is 2.93. The number of rotatable bonds is 4. The van der Waals surface area contributed by atoms with Crippen molar-refractivity contribution in [2.75, 3.05) is 5.32 Å². The molecule has 0 spiro atoms. The zero-order chi connectivity index (χ0) is 16.4. The van der Waals surface area contributed by atoms with Crippen LogP contribution in [0.3, 0.4) is 0 Å². The van der Waals surface area contributed by atoms with Gasteiger partial charge in [0, 0.05) is 29.7 Å². The van der Waals surface area contributed by atoms with E-state index in [1.165, 1.54) is 5.56 Å². The Labute approximate surface area is 133 Å². The lowest BCUT2D eigenvalue weighted by Crippen LogP contribution is -2.19. The quantitative estimate of drug-likeness (QED) is 0.884. The summed E-state index contributed by atoms with van der Waals surface area (Å²) in [5.74, 6) is 0.219. The third-order valence-electron chi connectivity index (χ3n) is 4.12. The third kappa shape index (κ3) is 3.44. The fourth-order valence-corrected chi connectivity index (χ4v) is 2.92. The predicted octanol–water partition coefficient (Wildman–Crippen LogP) is 1.24. The number of aromatic amines is 1. The molecule has 23 heavy (non-hydrogen) atoms. The van der Waals surface area contributed by atoms with Gasteiger partial charge in [-0.3, -0.25) is 10.1 Å². The lowest BCUT2D eigenvalue weighted by Gasteiger charge is -2.08. The van der Waals surface area contributed by atoms with Gasteiger partial charge in [0.25, 0.3) is 0 Å². The van der Waals surface area contributed by atoms with Crippen molar-refractivity contribution in [2.24, 2.45) is 0 Å². The molecule has 2 N–H and O–H groups in total. The van der Waals surface area contributed by atoms with Crippen molar-refractivity contribution in [3.05, 3.63) is 44.9 Å². The van der Waals surface area contributed by atoms with E-state index < -0.39 is 0 Å². The maximum Gasteiger partial charge on any atom is 0.345 e. The van der Waals surface area contributed by atoms with Gasteiger partial charge >= 0.3 is 5.69 Å². The second-order valence-corrected chi connectivity index (χ2v) is 5.80. The first-order chi connectivity index (χ1) is 11.0. The number of hydrogen-bond donors (Lipinski definition) is 2. The van der Waals surface area contributed by atoms with Gasteiger partial charge in [0.2, 0.25) is 11.9 Å². The number of nitrogens with one attached hydrogen (secondary N) is 2. The van der Waals surface area contributed by atoms with E-state index in [1.807, 2.05) is 6.92 Å². The van der Waals surface area contributed by atoms with Gasteiger partial charge in [-0.15, -0.1) is 0 Å². The molecular formula is C16H19N5O2. The van der Waals surface area contributed by atoms with Gasteiger partial charge in [0.1, 0.15) is 0 Å². The Kier molecular flexibility index (Phi) is 4.18. The van der Waals surface area contributed by atoms with Crippen LogP contribution < -0.4 is 11.0 Å². The molecule has 2 aromatic rings. The summed E-state index contributed by atoms with van der Waals surface area (Å²) < 4.78 is 0. The molecule has 2 aromatic heterocycles. The topological polar surface area (TPSA) is 101 Å². The molecule has 0 unspecified atom stereocenters. The summed E-state index contributed by atoms with van der Waals surface area (Å²) in [6.45, 7) is 3.59. The summed E-state index contributed by atoms with van der Waals surface area (Å²) in [5, 5.41) is 2.74. The van der Waals surface area contributed by atoms with Crippen LogP contribution >= 0.6 is 0 Å². The molecule has 7 heteroatoms. The van der Waals surface area contributed by atoms with Gasteiger partial charge in [0.15, 0.2) is 0 Å². The number of amides is 1.